The summed E-state index contributed by atoms with van der Waals surface area (Å²) in [5, 5.41) is 11.1. The lowest BCUT2D eigenvalue weighted by Gasteiger charge is -2.23. The van der Waals surface area contributed by atoms with Crippen LogP contribution in [0.2, 0.25) is 0 Å². The van der Waals surface area contributed by atoms with Gasteiger partial charge in [0.25, 0.3) is 0 Å². The maximum atomic E-state index is 13.0. The number of ether oxygens (including phenoxy) is 1. The molecule has 5 N–H and O–H groups in total. The van der Waals surface area contributed by atoms with E-state index in [4.69, 9.17) is 16.2 Å². The average Bonchev–Trinajstić information content (AvgIpc) is 3.42. The number of anilines is 1. The van der Waals surface area contributed by atoms with E-state index in [1.54, 1.807) is 10.9 Å². The van der Waals surface area contributed by atoms with Crippen molar-refractivity contribution in [1.82, 2.24) is 19.5 Å². The monoisotopic (exact) mass is 628 g/mol. The average molecular weight is 629 g/mol. The van der Waals surface area contributed by atoms with Gasteiger partial charge in [0.05, 0.1) is 19.1 Å². The summed E-state index contributed by atoms with van der Waals surface area (Å²) >= 11 is 0. The van der Waals surface area contributed by atoms with Crippen molar-refractivity contribution in [2.24, 2.45) is 17.6 Å². The van der Waals surface area contributed by atoms with E-state index in [2.05, 4.69) is 34.0 Å². The maximum absolute atomic E-state index is 13.0. The molecule has 0 saturated carbocycles. The number of Topliss-reactive ketones (excluding diaryl/α,β-unsaturated/α-hetero) is 1. The van der Waals surface area contributed by atoms with Crippen LogP contribution in [-0.2, 0) is 20.9 Å². The number of imidazole rings is 1. The molecule has 0 bridgehead atoms. The summed E-state index contributed by atoms with van der Waals surface area (Å²) in [6, 6.07) is -0.719. The Balaban J connectivity index is 1.70. The number of aliphatic hydroxyl groups is 1. The van der Waals surface area contributed by atoms with Crippen molar-refractivity contribution in [3.05, 3.63) is 24.7 Å². The molecule has 0 fully saturated rings. The molecule has 0 spiro atoms. The van der Waals surface area contributed by atoms with Crippen molar-refractivity contribution in [2.45, 2.75) is 149 Å². The smallest absolute Gasteiger partial charge is 0.323 e. The lowest BCUT2D eigenvalue weighted by molar-refractivity contribution is -0.147. The van der Waals surface area contributed by atoms with Gasteiger partial charge in [-0.3, -0.25) is 9.59 Å². The first-order chi connectivity index (χ1) is 21.7. The number of esters is 1. The number of hydrogen-bond acceptors (Lipinski definition) is 9. The third-order valence-electron chi connectivity index (χ3n) is 8.49. The summed E-state index contributed by atoms with van der Waals surface area (Å²) < 4.78 is 7.14. The molecule has 0 radical (unpaired) electrons. The topological polar surface area (TPSA) is 159 Å². The third kappa shape index (κ3) is 15.3. The van der Waals surface area contributed by atoms with Crippen LogP contribution >= 0.6 is 0 Å². The molecule has 2 heterocycles. The van der Waals surface area contributed by atoms with Crippen molar-refractivity contribution in [3.63, 3.8) is 0 Å². The van der Waals surface area contributed by atoms with Gasteiger partial charge in [-0.25, -0.2) is 9.97 Å². The van der Waals surface area contributed by atoms with Gasteiger partial charge in [0.15, 0.2) is 11.4 Å². The lowest BCUT2D eigenvalue weighted by Crippen LogP contribution is -2.38. The molecule has 0 aliphatic heterocycles. The Morgan fingerprint density at radius 3 is 2.16 bits per heavy atom. The maximum Gasteiger partial charge on any atom is 0.323 e. The van der Waals surface area contributed by atoms with Crippen LogP contribution in [0.5, 0.6) is 0 Å². The van der Waals surface area contributed by atoms with E-state index in [0.29, 0.717) is 17.6 Å². The summed E-state index contributed by atoms with van der Waals surface area (Å²) in [7, 11) is 0. The van der Waals surface area contributed by atoms with Crippen molar-refractivity contribution < 1.29 is 19.4 Å². The fraction of sp³-hybridized carbons (Fsp3) is 0.743. The molecule has 2 aromatic rings. The molecule has 0 aromatic carbocycles. The minimum atomic E-state index is -1.20. The fourth-order valence-electron chi connectivity index (χ4n) is 5.42. The van der Waals surface area contributed by atoms with Gasteiger partial charge in [-0.05, 0) is 44.4 Å². The number of aliphatic hydroxyl groups excluding tert-OH is 1. The fourth-order valence-corrected chi connectivity index (χ4v) is 5.42. The zero-order chi connectivity index (χ0) is 32.9. The zero-order valence-electron chi connectivity index (χ0n) is 28.2. The van der Waals surface area contributed by atoms with Crippen LogP contribution in [-0.4, -0.2) is 55.1 Å². The summed E-state index contributed by atoms with van der Waals surface area (Å²) in [5.41, 5.74) is 12.8. The molecular formula is C35H60N6O4. The number of fused-ring (bicyclic) bond motifs is 1. The van der Waals surface area contributed by atoms with Crippen molar-refractivity contribution >= 4 is 28.9 Å². The van der Waals surface area contributed by atoms with Gasteiger partial charge in [-0.1, -0.05) is 97.1 Å². The molecule has 0 aliphatic carbocycles. The van der Waals surface area contributed by atoms with Crippen molar-refractivity contribution in [3.8, 4) is 0 Å². The lowest BCUT2D eigenvalue weighted by atomic mass is 9.92. The molecule has 10 nitrogen and oxygen atoms in total. The number of nitrogens with two attached hydrogens (primary N) is 2. The molecule has 45 heavy (non-hydrogen) atoms. The Hall–Kier alpha value is -2.85. The van der Waals surface area contributed by atoms with E-state index >= 15 is 0 Å². The van der Waals surface area contributed by atoms with Gasteiger partial charge in [0, 0.05) is 18.9 Å². The van der Waals surface area contributed by atoms with E-state index in [1.807, 2.05) is 13.8 Å². The first-order valence-electron chi connectivity index (χ1n) is 17.5. The molecule has 2 aromatic heterocycles. The van der Waals surface area contributed by atoms with Crippen LogP contribution < -0.4 is 11.5 Å². The summed E-state index contributed by atoms with van der Waals surface area (Å²) in [6.07, 6.45) is 25.4. The Morgan fingerprint density at radius 2 is 1.53 bits per heavy atom. The van der Waals surface area contributed by atoms with E-state index in [9.17, 15) is 14.7 Å². The molecule has 2 rings (SSSR count). The second-order valence-corrected chi connectivity index (χ2v) is 12.8. The van der Waals surface area contributed by atoms with Gasteiger partial charge in [0.2, 0.25) is 5.95 Å². The highest BCUT2D eigenvalue weighted by molar-refractivity contribution is 5.83. The number of aromatic nitrogens is 4. The molecule has 0 aliphatic rings. The summed E-state index contributed by atoms with van der Waals surface area (Å²) in [4.78, 5) is 37.8. The number of hydrogen-bond donors (Lipinski definition) is 3. The first-order valence-corrected chi connectivity index (χ1v) is 17.5. The summed E-state index contributed by atoms with van der Waals surface area (Å²) in [5.74, 6) is -1.13. The highest BCUT2D eigenvalue weighted by atomic mass is 16.5. The number of unbranched alkanes of at least 4 members (excludes halogenated alkanes) is 13. The van der Waals surface area contributed by atoms with Crippen LogP contribution in [0.3, 0.4) is 0 Å². The molecule has 2 unspecified atom stereocenters. The van der Waals surface area contributed by atoms with Gasteiger partial charge in [-0.2, -0.15) is 4.98 Å². The summed E-state index contributed by atoms with van der Waals surface area (Å²) in [6.45, 7) is 6.28. The number of carbonyl (C=O) groups excluding carboxylic acids is 2. The molecule has 3 atom stereocenters. The van der Waals surface area contributed by atoms with Crippen LogP contribution in [0.4, 0.5) is 5.95 Å². The van der Waals surface area contributed by atoms with Crippen LogP contribution in [0.25, 0.3) is 11.2 Å². The third-order valence-corrected chi connectivity index (χ3v) is 8.49. The highest BCUT2D eigenvalue weighted by Gasteiger charge is 2.28. The van der Waals surface area contributed by atoms with Crippen LogP contribution in [0.15, 0.2) is 24.7 Å². The second-order valence-electron chi connectivity index (χ2n) is 12.8. The van der Waals surface area contributed by atoms with Crippen molar-refractivity contribution in [1.29, 1.82) is 0 Å². The molecule has 0 saturated heterocycles. The highest BCUT2D eigenvalue weighted by Crippen LogP contribution is 2.20. The van der Waals surface area contributed by atoms with Gasteiger partial charge < -0.3 is 25.9 Å². The van der Waals surface area contributed by atoms with E-state index in [-0.39, 0.29) is 37.2 Å². The second kappa shape index (κ2) is 22.6. The van der Waals surface area contributed by atoms with Crippen molar-refractivity contribution in [2.75, 3.05) is 12.3 Å². The number of ketones is 1. The SMILES string of the molecule is CCCCCCCCC=CCCCCCCCCCC(=O)C(O)C(CCOC(=O)[C@@H](N)C(C)C)Cn1cnc2cnc(N)nc21. The largest absolute Gasteiger partial charge is 0.465 e. The Labute approximate surface area is 270 Å². The predicted octanol–water partition coefficient (Wildman–Crippen LogP) is 6.69. The Kier molecular flexibility index (Phi) is 19.3. The molecular weight excluding hydrogens is 568 g/mol. The minimum Gasteiger partial charge on any atom is -0.465 e. The number of carbonyl (C=O) groups is 2. The van der Waals surface area contributed by atoms with Crippen LogP contribution in [0.1, 0.15) is 130 Å². The van der Waals surface area contributed by atoms with E-state index < -0.39 is 24.0 Å². The zero-order valence-corrected chi connectivity index (χ0v) is 28.2. The molecule has 254 valence electrons. The minimum absolute atomic E-state index is 0.0485. The van der Waals surface area contributed by atoms with E-state index in [1.165, 1.54) is 83.2 Å². The number of allylic oxidation sites excluding steroid dienone is 2. The normalized spacial score (nSPS) is 13.9. The Bertz CT molecular complexity index is 1130. The van der Waals surface area contributed by atoms with Crippen LogP contribution in [0, 0.1) is 11.8 Å². The molecule has 10 heteroatoms. The van der Waals surface area contributed by atoms with Gasteiger partial charge in [-0.15, -0.1) is 0 Å². The van der Waals surface area contributed by atoms with E-state index in [0.717, 1.165) is 19.3 Å². The number of rotatable bonds is 26. The quantitative estimate of drug-likeness (QED) is 0.0586. The van der Waals surface area contributed by atoms with Gasteiger partial charge in [0.1, 0.15) is 17.7 Å². The molecule has 0 amide bonds. The Morgan fingerprint density at radius 1 is 0.933 bits per heavy atom. The number of nitrogen functional groups attached to an aromatic ring is 1. The number of nitrogens with zero attached hydrogens (tertiary/aromatic N) is 4. The first kappa shape index (κ1) is 38.3. The van der Waals surface area contributed by atoms with Gasteiger partial charge >= 0.3 is 5.97 Å². The standard InChI is InChI=1S/C35H60N6O4/c1-4-5-6-7-8-9-10-11-12-13-14-15-16-17-18-19-20-21-30(42)32(43)28(22-23-45-34(44)31(36)27(2)3)25-41-26-39-29-24-38-35(37)40-33(29)41/h11-12,24,26-28,31-32,43H,4-10,13-23,25,36H2,1-3H3,(H2,37,38,40)/t28?,31-,32?/m0/s1. The predicted molar refractivity (Wildman–Crippen MR) is 181 cm³/mol.